The number of anilines is 2. The molecule has 0 amide bonds. The summed E-state index contributed by atoms with van der Waals surface area (Å²) < 4.78 is 25.0. The van der Waals surface area contributed by atoms with Crippen molar-refractivity contribution >= 4 is 44.9 Å². The van der Waals surface area contributed by atoms with E-state index in [4.69, 9.17) is 21.1 Å². The number of pyridine rings is 2. The van der Waals surface area contributed by atoms with Gasteiger partial charge in [-0.1, -0.05) is 35.9 Å². The van der Waals surface area contributed by atoms with Gasteiger partial charge in [0.25, 0.3) is 0 Å². The largest absolute Gasteiger partial charge is 0.495 e. The van der Waals surface area contributed by atoms with Gasteiger partial charge in [0.1, 0.15) is 28.5 Å². The molecule has 0 radical (unpaired) electrons. The molecule has 9 heteroatoms. The Morgan fingerprint density at radius 3 is 2.45 bits per heavy atom. The molecule has 0 saturated carbocycles. The summed E-state index contributed by atoms with van der Waals surface area (Å²) in [5.41, 5.74) is 3.42. The fourth-order valence-electron chi connectivity index (χ4n) is 4.10. The summed E-state index contributed by atoms with van der Waals surface area (Å²) in [7, 11) is 1.59. The Labute approximate surface area is 221 Å². The summed E-state index contributed by atoms with van der Waals surface area (Å²) in [6, 6.07) is 23.3. The van der Waals surface area contributed by atoms with Gasteiger partial charge >= 0.3 is 0 Å². The zero-order valence-electron chi connectivity index (χ0n) is 20.0. The van der Waals surface area contributed by atoms with Gasteiger partial charge in [0.05, 0.1) is 23.8 Å². The first-order chi connectivity index (χ1) is 18.6. The van der Waals surface area contributed by atoms with Crippen LogP contribution in [-0.4, -0.2) is 27.3 Å². The summed E-state index contributed by atoms with van der Waals surface area (Å²) in [5, 5.41) is 13.9. The topological polar surface area (TPSA) is 82.0 Å². The molecule has 186 valence electrons. The Morgan fingerprint density at radius 1 is 0.842 bits per heavy atom. The molecule has 0 aliphatic rings. The third-order valence-electron chi connectivity index (χ3n) is 5.98. The quantitative estimate of drug-likeness (QED) is 0.241. The molecule has 6 aromatic rings. The number of hydrogen-bond donors (Lipinski definition) is 1. The molecule has 3 heterocycles. The molecule has 0 unspecified atom stereocenters. The molecule has 3 aromatic heterocycles. The zero-order chi connectivity index (χ0) is 26.1. The lowest BCUT2D eigenvalue weighted by Crippen LogP contribution is -1.99. The molecular weight excluding hydrogens is 505 g/mol. The molecule has 0 spiro atoms. The average molecular weight is 524 g/mol. The zero-order valence-corrected chi connectivity index (χ0v) is 20.8. The van der Waals surface area contributed by atoms with Crippen LogP contribution in [0.2, 0.25) is 5.02 Å². The van der Waals surface area contributed by atoms with E-state index in [1.54, 1.807) is 37.7 Å². The van der Waals surface area contributed by atoms with Crippen molar-refractivity contribution in [1.29, 1.82) is 0 Å². The van der Waals surface area contributed by atoms with Crippen LogP contribution in [0.3, 0.4) is 0 Å². The van der Waals surface area contributed by atoms with Crippen LogP contribution in [0.4, 0.5) is 15.9 Å². The van der Waals surface area contributed by atoms with Gasteiger partial charge in [-0.25, -0.2) is 9.37 Å². The molecule has 6 rings (SSSR count). The van der Waals surface area contributed by atoms with Gasteiger partial charge in [0.2, 0.25) is 0 Å². The number of rotatable bonds is 6. The van der Waals surface area contributed by atoms with Crippen molar-refractivity contribution in [2.24, 2.45) is 0 Å². The molecule has 7 nitrogen and oxygen atoms in total. The van der Waals surface area contributed by atoms with E-state index < -0.39 is 5.82 Å². The maximum Gasteiger partial charge on any atom is 0.161 e. The van der Waals surface area contributed by atoms with Gasteiger partial charge in [0, 0.05) is 40.4 Å². The lowest BCUT2D eigenvalue weighted by Gasteiger charge is -2.12. The summed E-state index contributed by atoms with van der Waals surface area (Å²) in [6.45, 7) is 0. The molecule has 3 aromatic carbocycles. The van der Waals surface area contributed by atoms with Gasteiger partial charge in [-0.15, -0.1) is 10.2 Å². The van der Waals surface area contributed by atoms with E-state index in [2.05, 4.69) is 25.5 Å². The highest BCUT2D eigenvalue weighted by Crippen LogP contribution is 2.34. The number of benzene rings is 3. The van der Waals surface area contributed by atoms with Crippen LogP contribution in [0.25, 0.3) is 33.1 Å². The first-order valence-corrected chi connectivity index (χ1v) is 12.0. The standard InChI is InChI=1S/C29H19ClFN5O2/c1-37-20-15-25-28(33-16-20)26(12-13-32-25)38-19-9-7-18(8-10-19)34-29-22-5-3-2-4-21(22)27(35-36-29)17-6-11-24(31)23(30)14-17/h2-16H,1H3,(H,34,36). The van der Waals surface area contributed by atoms with Crippen LogP contribution in [-0.2, 0) is 0 Å². The highest BCUT2D eigenvalue weighted by atomic mass is 35.5. The predicted octanol–water partition coefficient (Wildman–Crippen LogP) is 7.58. The van der Waals surface area contributed by atoms with Crippen LogP contribution in [0.5, 0.6) is 17.2 Å². The van der Waals surface area contributed by atoms with E-state index in [9.17, 15) is 4.39 Å². The van der Waals surface area contributed by atoms with Crippen LogP contribution in [0.1, 0.15) is 0 Å². The van der Waals surface area contributed by atoms with E-state index >= 15 is 0 Å². The lowest BCUT2D eigenvalue weighted by molar-refractivity contribution is 0.413. The number of ether oxygens (including phenoxy) is 2. The lowest BCUT2D eigenvalue weighted by atomic mass is 10.0. The summed E-state index contributed by atoms with van der Waals surface area (Å²) >= 11 is 6.00. The van der Waals surface area contributed by atoms with Crippen molar-refractivity contribution in [3.8, 4) is 28.5 Å². The first kappa shape index (κ1) is 23.6. The second-order valence-corrected chi connectivity index (χ2v) is 8.78. The van der Waals surface area contributed by atoms with E-state index in [1.807, 2.05) is 54.6 Å². The van der Waals surface area contributed by atoms with Crippen molar-refractivity contribution < 1.29 is 13.9 Å². The molecule has 0 saturated heterocycles. The predicted molar refractivity (Wildman–Crippen MR) is 146 cm³/mol. The summed E-state index contributed by atoms with van der Waals surface area (Å²) in [4.78, 5) is 8.77. The van der Waals surface area contributed by atoms with E-state index in [-0.39, 0.29) is 5.02 Å². The Kier molecular flexibility index (Phi) is 6.15. The monoisotopic (exact) mass is 523 g/mol. The first-order valence-electron chi connectivity index (χ1n) is 11.6. The second-order valence-electron chi connectivity index (χ2n) is 8.38. The van der Waals surface area contributed by atoms with E-state index in [1.165, 1.54) is 6.07 Å². The molecule has 0 aliphatic carbocycles. The van der Waals surface area contributed by atoms with Crippen molar-refractivity contribution in [3.63, 3.8) is 0 Å². The minimum absolute atomic E-state index is 0.0353. The smallest absolute Gasteiger partial charge is 0.161 e. The molecule has 0 bridgehead atoms. The van der Waals surface area contributed by atoms with Crippen LogP contribution in [0.15, 0.2) is 91.3 Å². The van der Waals surface area contributed by atoms with Crippen LogP contribution < -0.4 is 14.8 Å². The Hall–Kier alpha value is -4.82. The normalized spacial score (nSPS) is 11.0. The SMILES string of the molecule is COc1cnc2c(Oc3ccc(Nc4nnc(-c5ccc(F)c(Cl)c5)c5ccccc45)cc3)ccnc2c1. The highest BCUT2D eigenvalue weighted by molar-refractivity contribution is 6.31. The number of nitrogens with zero attached hydrogens (tertiary/aromatic N) is 4. The third kappa shape index (κ3) is 4.53. The number of fused-ring (bicyclic) bond motifs is 2. The number of aromatic nitrogens is 4. The fraction of sp³-hybridized carbons (Fsp3) is 0.0345. The minimum atomic E-state index is -0.480. The molecule has 1 N–H and O–H groups in total. The molecular formula is C29H19ClFN5O2. The van der Waals surface area contributed by atoms with Gasteiger partial charge in [0.15, 0.2) is 11.6 Å². The maximum atomic E-state index is 13.7. The Bertz CT molecular complexity index is 1800. The summed E-state index contributed by atoms with van der Waals surface area (Å²) in [5.74, 6) is 1.96. The number of nitrogens with one attached hydrogen (secondary N) is 1. The third-order valence-corrected chi connectivity index (χ3v) is 6.27. The molecule has 38 heavy (non-hydrogen) atoms. The van der Waals surface area contributed by atoms with Crippen LogP contribution in [0, 0.1) is 5.82 Å². The Balaban J connectivity index is 1.27. The molecule has 0 atom stereocenters. The van der Waals surface area contributed by atoms with Crippen molar-refractivity contribution in [2.75, 3.05) is 12.4 Å². The fourth-order valence-corrected chi connectivity index (χ4v) is 4.28. The van der Waals surface area contributed by atoms with Gasteiger partial charge in [-0.05, 0) is 42.5 Å². The summed E-state index contributed by atoms with van der Waals surface area (Å²) in [6.07, 6.45) is 3.30. The second kappa shape index (κ2) is 9.91. The minimum Gasteiger partial charge on any atom is -0.495 e. The Morgan fingerprint density at radius 2 is 1.66 bits per heavy atom. The van der Waals surface area contributed by atoms with Gasteiger partial charge in [-0.3, -0.25) is 4.98 Å². The van der Waals surface area contributed by atoms with Crippen LogP contribution >= 0.6 is 11.6 Å². The molecule has 0 aliphatic heterocycles. The molecule has 0 fully saturated rings. The highest BCUT2D eigenvalue weighted by Gasteiger charge is 2.13. The maximum absolute atomic E-state index is 13.7. The van der Waals surface area contributed by atoms with Crippen molar-refractivity contribution in [3.05, 3.63) is 102 Å². The van der Waals surface area contributed by atoms with Gasteiger partial charge in [-0.2, -0.15) is 0 Å². The van der Waals surface area contributed by atoms with E-state index in [0.717, 1.165) is 16.5 Å². The van der Waals surface area contributed by atoms with Crippen molar-refractivity contribution in [2.45, 2.75) is 0 Å². The van der Waals surface area contributed by atoms with E-state index in [0.29, 0.717) is 45.4 Å². The number of methoxy groups -OCH3 is 1. The van der Waals surface area contributed by atoms with Crippen molar-refractivity contribution in [1.82, 2.24) is 20.2 Å². The van der Waals surface area contributed by atoms with Gasteiger partial charge < -0.3 is 14.8 Å². The number of hydrogen-bond acceptors (Lipinski definition) is 7. The number of halogens is 2. The average Bonchev–Trinajstić information content (AvgIpc) is 2.95.